The lowest BCUT2D eigenvalue weighted by molar-refractivity contribution is 0.0950. The van der Waals surface area contributed by atoms with Gasteiger partial charge in [-0.3, -0.25) is 14.6 Å². The first-order valence-corrected chi connectivity index (χ1v) is 9.38. The summed E-state index contributed by atoms with van der Waals surface area (Å²) in [4.78, 5) is 29.2. The summed E-state index contributed by atoms with van der Waals surface area (Å²) in [6.07, 6.45) is 1.42. The van der Waals surface area contributed by atoms with Crippen LogP contribution in [0.5, 0.6) is 5.75 Å². The molecule has 6 heteroatoms. The van der Waals surface area contributed by atoms with Crippen LogP contribution in [0.1, 0.15) is 40.3 Å². The zero-order valence-electron chi connectivity index (χ0n) is 16.4. The van der Waals surface area contributed by atoms with Crippen molar-refractivity contribution in [3.63, 3.8) is 0 Å². The predicted octanol–water partition coefficient (Wildman–Crippen LogP) is 4.05. The van der Waals surface area contributed by atoms with Crippen LogP contribution in [0.3, 0.4) is 0 Å². The van der Waals surface area contributed by atoms with Gasteiger partial charge in [-0.1, -0.05) is 42.5 Å². The van der Waals surface area contributed by atoms with E-state index < -0.39 is 5.91 Å². The Morgan fingerprint density at radius 1 is 0.966 bits per heavy atom. The summed E-state index contributed by atoms with van der Waals surface area (Å²) in [7, 11) is 0. The number of ether oxygens (including phenoxy) is 1. The van der Waals surface area contributed by atoms with Crippen LogP contribution in [0.4, 0.5) is 5.69 Å². The molecular weight excluding hydrogens is 366 g/mol. The molecule has 29 heavy (non-hydrogen) atoms. The molecule has 0 aliphatic heterocycles. The Hall–Kier alpha value is -3.67. The molecule has 0 fully saturated rings. The van der Waals surface area contributed by atoms with Crippen molar-refractivity contribution in [2.24, 2.45) is 0 Å². The van der Waals surface area contributed by atoms with Crippen molar-refractivity contribution in [1.82, 2.24) is 10.3 Å². The van der Waals surface area contributed by atoms with Gasteiger partial charge in [0, 0.05) is 18.3 Å². The van der Waals surface area contributed by atoms with Crippen molar-refractivity contribution < 1.29 is 14.3 Å². The minimum absolute atomic E-state index is 0.0252. The molecule has 1 heterocycles. The monoisotopic (exact) mass is 389 g/mol. The minimum Gasteiger partial charge on any atom is -0.489 e. The topological polar surface area (TPSA) is 80.3 Å². The second-order valence-corrected chi connectivity index (χ2v) is 6.71. The van der Waals surface area contributed by atoms with E-state index >= 15 is 0 Å². The highest BCUT2D eigenvalue weighted by atomic mass is 16.5. The summed E-state index contributed by atoms with van der Waals surface area (Å²) >= 11 is 0. The van der Waals surface area contributed by atoms with Crippen LogP contribution in [0.2, 0.25) is 0 Å². The smallest absolute Gasteiger partial charge is 0.274 e. The molecule has 0 saturated carbocycles. The molecule has 0 saturated heterocycles. The molecule has 2 aromatic carbocycles. The van der Waals surface area contributed by atoms with E-state index in [-0.39, 0.29) is 17.7 Å². The Balaban J connectivity index is 1.69. The number of carbonyl (C=O) groups is 2. The van der Waals surface area contributed by atoms with Gasteiger partial charge in [0.05, 0.1) is 11.8 Å². The molecule has 0 bridgehead atoms. The van der Waals surface area contributed by atoms with Crippen molar-refractivity contribution in [3.8, 4) is 5.75 Å². The highest BCUT2D eigenvalue weighted by Crippen LogP contribution is 2.25. The highest BCUT2D eigenvalue weighted by molar-refractivity contribution is 6.05. The van der Waals surface area contributed by atoms with Gasteiger partial charge in [-0.2, -0.15) is 0 Å². The normalized spacial score (nSPS) is 10.4. The first-order valence-electron chi connectivity index (χ1n) is 9.38. The summed E-state index contributed by atoms with van der Waals surface area (Å²) in [6.45, 7) is 4.23. The SMILES string of the molecule is CC(C)Oc1ccccc1NC(=O)c1cc(C(=O)NCc2ccccc2)ccn1. The van der Waals surface area contributed by atoms with Crippen LogP contribution < -0.4 is 15.4 Å². The van der Waals surface area contributed by atoms with Crippen molar-refractivity contribution in [3.05, 3.63) is 89.7 Å². The fraction of sp³-hybridized carbons (Fsp3) is 0.174. The van der Waals surface area contributed by atoms with Crippen LogP contribution >= 0.6 is 0 Å². The molecule has 1 aromatic heterocycles. The van der Waals surface area contributed by atoms with Gasteiger partial charge in [-0.05, 0) is 43.7 Å². The number of anilines is 1. The number of hydrogen-bond acceptors (Lipinski definition) is 4. The summed E-state index contributed by atoms with van der Waals surface area (Å²) in [5, 5.41) is 5.64. The van der Waals surface area contributed by atoms with Gasteiger partial charge in [-0.15, -0.1) is 0 Å². The Kier molecular flexibility index (Phi) is 6.58. The molecule has 3 rings (SSSR count). The fourth-order valence-electron chi connectivity index (χ4n) is 2.69. The van der Waals surface area contributed by atoms with Crippen molar-refractivity contribution in [1.29, 1.82) is 0 Å². The van der Waals surface area contributed by atoms with Crippen molar-refractivity contribution in [2.75, 3.05) is 5.32 Å². The highest BCUT2D eigenvalue weighted by Gasteiger charge is 2.14. The molecule has 0 radical (unpaired) electrons. The zero-order chi connectivity index (χ0) is 20.6. The maximum absolute atomic E-state index is 12.6. The van der Waals surface area contributed by atoms with Gasteiger partial charge in [0.15, 0.2) is 0 Å². The summed E-state index contributed by atoms with van der Waals surface area (Å²) < 4.78 is 5.72. The molecule has 6 nitrogen and oxygen atoms in total. The van der Waals surface area contributed by atoms with Gasteiger partial charge >= 0.3 is 0 Å². The van der Waals surface area contributed by atoms with Crippen LogP contribution in [0.25, 0.3) is 0 Å². The third-order valence-corrected chi connectivity index (χ3v) is 4.05. The predicted molar refractivity (Wildman–Crippen MR) is 112 cm³/mol. The first kappa shape index (κ1) is 20.1. The van der Waals surface area contributed by atoms with E-state index in [4.69, 9.17) is 4.74 Å². The van der Waals surface area contributed by atoms with E-state index in [1.165, 1.54) is 12.3 Å². The van der Waals surface area contributed by atoms with E-state index in [9.17, 15) is 9.59 Å². The first-order chi connectivity index (χ1) is 14.0. The number of aromatic nitrogens is 1. The number of rotatable bonds is 7. The number of para-hydroxylation sites is 2. The molecule has 0 unspecified atom stereocenters. The maximum atomic E-state index is 12.6. The minimum atomic E-state index is -0.414. The standard InChI is InChI=1S/C23H23N3O3/c1-16(2)29-21-11-7-6-10-19(21)26-23(28)20-14-18(12-13-24-20)22(27)25-15-17-8-4-3-5-9-17/h3-14,16H,15H2,1-2H3,(H,25,27)(H,26,28). The van der Waals surface area contributed by atoms with Gasteiger partial charge in [0.25, 0.3) is 11.8 Å². The fourth-order valence-corrected chi connectivity index (χ4v) is 2.69. The summed E-state index contributed by atoms with van der Waals surface area (Å²) in [6, 6.07) is 19.9. The summed E-state index contributed by atoms with van der Waals surface area (Å²) in [5.41, 5.74) is 2.06. The molecule has 148 valence electrons. The Bertz CT molecular complexity index is 987. The lowest BCUT2D eigenvalue weighted by Gasteiger charge is -2.14. The maximum Gasteiger partial charge on any atom is 0.274 e. The third kappa shape index (κ3) is 5.65. The van der Waals surface area contributed by atoms with Gasteiger partial charge < -0.3 is 15.4 Å². The van der Waals surface area contributed by atoms with Gasteiger partial charge in [0.2, 0.25) is 0 Å². The average molecular weight is 389 g/mol. The second kappa shape index (κ2) is 9.50. The summed E-state index contributed by atoms with van der Waals surface area (Å²) in [5.74, 6) is -0.107. The van der Waals surface area contributed by atoms with E-state index in [0.29, 0.717) is 23.5 Å². The number of nitrogens with zero attached hydrogens (tertiary/aromatic N) is 1. The van der Waals surface area contributed by atoms with E-state index in [2.05, 4.69) is 15.6 Å². The molecule has 2 N–H and O–H groups in total. The molecular formula is C23H23N3O3. The van der Waals surface area contributed by atoms with Crippen molar-refractivity contribution >= 4 is 17.5 Å². The number of carbonyl (C=O) groups excluding carboxylic acids is 2. The Morgan fingerprint density at radius 3 is 2.45 bits per heavy atom. The third-order valence-electron chi connectivity index (χ3n) is 4.05. The number of pyridine rings is 1. The zero-order valence-corrected chi connectivity index (χ0v) is 16.4. The van der Waals surface area contributed by atoms with Crippen LogP contribution in [-0.4, -0.2) is 22.9 Å². The molecule has 0 spiro atoms. The quantitative estimate of drug-likeness (QED) is 0.639. The van der Waals surface area contributed by atoms with E-state index in [0.717, 1.165) is 5.56 Å². The van der Waals surface area contributed by atoms with Gasteiger partial charge in [0.1, 0.15) is 11.4 Å². The molecule has 0 atom stereocenters. The van der Waals surface area contributed by atoms with Gasteiger partial charge in [-0.25, -0.2) is 0 Å². The van der Waals surface area contributed by atoms with E-state index in [1.807, 2.05) is 56.3 Å². The van der Waals surface area contributed by atoms with Crippen molar-refractivity contribution in [2.45, 2.75) is 26.5 Å². The lowest BCUT2D eigenvalue weighted by Crippen LogP contribution is -2.23. The molecule has 0 aliphatic carbocycles. The number of nitrogens with one attached hydrogen (secondary N) is 2. The largest absolute Gasteiger partial charge is 0.489 e. The van der Waals surface area contributed by atoms with Crippen LogP contribution in [-0.2, 0) is 6.54 Å². The number of amides is 2. The van der Waals surface area contributed by atoms with Crippen LogP contribution in [0.15, 0.2) is 72.9 Å². The van der Waals surface area contributed by atoms with Crippen LogP contribution in [0, 0.1) is 0 Å². The number of hydrogen-bond donors (Lipinski definition) is 2. The lowest BCUT2D eigenvalue weighted by atomic mass is 10.2. The molecule has 3 aromatic rings. The Labute approximate surface area is 169 Å². The van der Waals surface area contributed by atoms with E-state index in [1.54, 1.807) is 18.2 Å². The second-order valence-electron chi connectivity index (χ2n) is 6.71. The molecule has 0 aliphatic rings. The average Bonchev–Trinajstić information content (AvgIpc) is 2.74. The molecule has 2 amide bonds. The number of benzene rings is 2. The Morgan fingerprint density at radius 2 is 1.69 bits per heavy atom.